The summed E-state index contributed by atoms with van der Waals surface area (Å²) in [6.07, 6.45) is 6.04. The van der Waals surface area contributed by atoms with Gasteiger partial charge in [-0.15, -0.1) is 0 Å². The molecule has 4 heteroatoms. The van der Waals surface area contributed by atoms with Crippen molar-refractivity contribution in [3.8, 4) is 0 Å². The van der Waals surface area contributed by atoms with Gasteiger partial charge < -0.3 is 14.6 Å². The van der Waals surface area contributed by atoms with Gasteiger partial charge in [-0.2, -0.15) is 0 Å². The maximum atomic E-state index is 12.3. The summed E-state index contributed by atoms with van der Waals surface area (Å²) in [6, 6.07) is 2.17. The van der Waals surface area contributed by atoms with Crippen molar-refractivity contribution in [3.05, 3.63) is 34.6 Å². The maximum Gasteiger partial charge on any atom is 0.224 e. The lowest BCUT2D eigenvalue weighted by molar-refractivity contribution is -0.120. The first-order valence-corrected chi connectivity index (χ1v) is 9.02. The summed E-state index contributed by atoms with van der Waals surface area (Å²) in [7, 11) is 0. The van der Waals surface area contributed by atoms with Gasteiger partial charge >= 0.3 is 0 Å². The lowest BCUT2D eigenvalue weighted by Crippen LogP contribution is -2.38. The fraction of sp³-hybridized carbons (Fsp3) is 0.550. The Morgan fingerprint density at radius 1 is 1.17 bits per heavy atom. The van der Waals surface area contributed by atoms with E-state index in [1.165, 1.54) is 43.5 Å². The Kier molecular flexibility index (Phi) is 5.24. The van der Waals surface area contributed by atoms with Crippen molar-refractivity contribution in [2.24, 2.45) is 0 Å². The molecule has 0 aliphatic carbocycles. The molecule has 0 saturated carbocycles. The van der Waals surface area contributed by atoms with E-state index in [0.717, 1.165) is 35.2 Å². The highest BCUT2D eigenvalue weighted by Crippen LogP contribution is 2.30. The monoisotopic (exact) mass is 328 g/mol. The van der Waals surface area contributed by atoms with Gasteiger partial charge in [0.05, 0.1) is 12.7 Å². The van der Waals surface area contributed by atoms with Crippen LogP contribution in [0.1, 0.15) is 41.5 Å². The van der Waals surface area contributed by atoms with E-state index in [1.807, 2.05) is 0 Å². The minimum Gasteiger partial charge on any atom is -0.464 e. The van der Waals surface area contributed by atoms with Crippen molar-refractivity contribution in [2.45, 2.75) is 46.5 Å². The molecule has 1 aromatic heterocycles. The van der Waals surface area contributed by atoms with Crippen molar-refractivity contribution >= 4 is 16.9 Å². The molecule has 3 rings (SSSR count). The second-order valence-corrected chi connectivity index (χ2v) is 7.03. The molecule has 24 heavy (non-hydrogen) atoms. The van der Waals surface area contributed by atoms with E-state index in [1.54, 1.807) is 6.26 Å². The van der Waals surface area contributed by atoms with Crippen LogP contribution in [-0.4, -0.2) is 37.0 Å². The molecule has 130 valence electrons. The molecule has 1 fully saturated rings. The first kappa shape index (κ1) is 17.0. The molecule has 4 nitrogen and oxygen atoms in total. The largest absolute Gasteiger partial charge is 0.464 e. The highest BCUT2D eigenvalue weighted by molar-refractivity contribution is 5.91. The molecule has 1 N–H and O–H groups in total. The van der Waals surface area contributed by atoms with Gasteiger partial charge in [0.15, 0.2) is 0 Å². The number of furan rings is 1. The highest BCUT2D eigenvalue weighted by atomic mass is 16.3. The second kappa shape index (κ2) is 7.39. The minimum absolute atomic E-state index is 0.0762. The summed E-state index contributed by atoms with van der Waals surface area (Å²) in [6.45, 7) is 10.3. The van der Waals surface area contributed by atoms with E-state index < -0.39 is 0 Å². The van der Waals surface area contributed by atoms with Crippen molar-refractivity contribution in [1.29, 1.82) is 0 Å². The summed E-state index contributed by atoms with van der Waals surface area (Å²) in [4.78, 5) is 14.7. The number of rotatable bonds is 5. The van der Waals surface area contributed by atoms with Gasteiger partial charge in [-0.25, -0.2) is 0 Å². The molecule has 1 amide bonds. The van der Waals surface area contributed by atoms with Crippen molar-refractivity contribution in [2.75, 3.05) is 26.2 Å². The second-order valence-electron chi connectivity index (χ2n) is 7.03. The van der Waals surface area contributed by atoms with Gasteiger partial charge in [-0.3, -0.25) is 4.79 Å². The van der Waals surface area contributed by atoms with Crippen LogP contribution < -0.4 is 5.32 Å². The number of nitrogens with zero attached hydrogens (tertiary/aromatic N) is 1. The third-order valence-electron chi connectivity index (χ3n) is 5.18. The van der Waals surface area contributed by atoms with Crippen LogP contribution >= 0.6 is 0 Å². The summed E-state index contributed by atoms with van der Waals surface area (Å²) in [5, 5.41) is 4.16. The molecule has 1 saturated heterocycles. The zero-order chi connectivity index (χ0) is 17.1. The number of piperidine rings is 1. The van der Waals surface area contributed by atoms with Crippen LogP contribution in [0.4, 0.5) is 0 Å². The Labute approximate surface area is 144 Å². The average molecular weight is 328 g/mol. The molecule has 0 unspecified atom stereocenters. The van der Waals surface area contributed by atoms with Crippen LogP contribution in [0.2, 0.25) is 0 Å². The lowest BCUT2D eigenvalue weighted by Gasteiger charge is -2.26. The van der Waals surface area contributed by atoms with E-state index in [2.05, 4.69) is 37.1 Å². The van der Waals surface area contributed by atoms with E-state index in [9.17, 15) is 4.79 Å². The minimum atomic E-state index is 0.0762. The smallest absolute Gasteiger partial charge is 0.224 e. The SMILES string of the molecule is Cc1cc(C)c2c(CC(=O)NCCN3CCCCC3)coc2c1C. The number of hydrogen-bond acceptors (Lipinski definition) is 3. The molecule has 2 heterocycles. The number of carbonyl (C=O) groups excluding carboxylic acids is 1. The number of fused-ring (bicyclic) bond motifs is 1. The number of amides is 1. The fourth-order valence-corrected chi connectivity index (χ4v) is 3.69. The van der Waals surface area contributed by atoms with Crippen LogP contribution in [0, 0.1) is 20.8 Å². The fourth-order valence-electron chi connectivity index (χ4n) is 3.69. The lowest BCUT2D eigenvalue weighted by atomic mass is 9.99. The van der Waals surface area contributed by atoms with E-state index in [4.69, 9.17) is 4.42 Å². The van der Waals surface area contributed by atoms with Gasteiger partial charge in [0.1, 0.15) is 5.58 Å². The molecule has 0 spiro atoms. The van der Waals surface area contributed by atoms with Gasteiger partial charge in [-0.1, -0.05) is 12.5 Å². The quantitative estimate of drug-likeness (QED) is 0.913. The Bertz CT molecular complexity index is 727. The Morgan fingerprint density at radius 3 is 2.67 bits per heavy atom. The van der Waals surface area contributed by atoms with Gasteiger partial charge in [-0.05, 0) is 63.4 Å². The average Bonchev–Trinajstić information content (AvgIpc) is 2.98. The molecule has 0 atom stereocenters. The van der Waals surface area contributed by atoms with Crippen molar-refractivity contribution < 1.29 is 9.21 Å². The third-order valence-corrected chi connectivity index (χ3v) is 5.18. The summed E-state index contributed by atoms with van der Waals surface area (Å²) in [5.41, 5.74) is 5.47. The van der Waals surface area contributed by atoms with Gasteiger partial charge in [0.25, 0.3) is 0 Å². The molecule has 1 aliphatic rings. The van der Waals surface area contributed by atoms with Gasteiger partial charge in [0, 0.05) is 24.0 Å². The summed E-state index contributed by atoms with van der Waals surface area (Å²) >= 11 is 0. The van der Waals surface area contributed by atoms with Crippen molar-refractivity contribution in [1.82, 2.24) is 10.2 Å². The van der Waals surface area contributed by atoms with Crippen LogP contribution in [0.5, 0.6) is 0 Å². The molecule has 0 bridgehead atoms. The number of likely N-dealkylation sites (tertiary alicyclic amines) is 1. The first-order valence-electron chi connectivity index (χ1n) is 9.02. The Balaban J connectivity index is 1.60. The van der Waals surface area contributed by atoms with Gasteiger partial charge in [0.2, 0.25) is 5.91 Å². The standard InChI is InChI=1S/C20H28N2O2/c1-14-11-15(2)19-17(13-24-20(19)16(14)3)12-18(23)21-7-10-22-8-5-4-6-9-22/h11,13H,4-10,12H2,1-3H3,(H,21,23). The van der Waals surface area contributed by atoms with E-state index in [-0.39, 0.29) is 5.91 Å². The molecule has 1 aliphatic heterocycles. The summed E-state index contributed by atoms with van der Waals surface area (Å²) in [5.74, 6) is 0.0762. The van der Waals surface area contributed by atoms with Crippen molar-refractivity contribution in [3.63, 3.8) is 0 Å². The van der Waals surface area contributed by atoms with Crippen LogP contribution in [-0.2, 0) is 11.2 Å². The maximum absolute atomic E-state index is 12.3. The summed E-state index contributed by atoms with van der Waals surface area (Å²) < 4.78 is 5.75. The number of nitrogens with one attached hydrogen (secondary N) is 1. The van der Waals surface area contributed by atoms with Crippen LogP contribution in [0.25, 0.3) is 11.0 Å². The number of hydrogen-bond donors (Lipinski definition) is 1. The Morgan fingerprint density at radius 2 is 1.92 bits per heavy atom. The van der Waals surface area contributed by atoms with E-state index in [0.29, 0.717) is 6.42 Å². The number of aryl methyl sites for hydroxylation is 3. The Hall–Kier alpha value is -1.81. The van der Waals surface area contributed by atoms with E-state index >= 15 is 0 Å². The molecule has 0 radical (unpaired) electrons. The predicted molar refractivity (Wildman–Crippen MR) is 97.4 cm³/mol. The zero-order valence-corrected chi connectivity index (χ0v) is 15.1. The highest BCUT2D eigenvalue weighted by Gasteiger charge is 2.15. The third kappa shape index (κ3) is 3.64. The normalized spacial score (nSPS) is 15.8. The van der Waals surface area contributed by atoms with Crippen LogP contribution in [0.15, 0.2) is 16.7 Å². The predicted octanol–water partition coefficient (Wildman–Crippen LogP) is 3.50. The molecule has 1 aromatic carbocycles. The number of benzene rings is 1. The number of carbonyl (C=O) groups is 1. The first-order chi connectivity index (χ1) is 11.6. The molecule has 2 aromatic rings. The topological polar surface area (TPSA) is 45.5 Å². The molecular formula is C20H28N2O2. The zero-order valence-electron chi connectivity index (χ0n) is 15.1. The molecular weight excluding hydrogens is 300 g/mol. The van der Waals surface area contributed by atoms with Crippen LogP contribution in [0.3, 0.4) is 0 Å².